The Bertz CT molecular complexity index is 925. The zero-order valence-electron chi connectivity index (χ0n) is 12.2. The largest absolute Gasteiger partial charge is 0.508 e. The van der Waals surface area contributed by atoms with E-state index in [2.05, 4.69) is 26.2 Å². The quantitative estimate of drug-likeness (QED) is 0.646. The third-order valence-corrected chi connectivity index (χ3v) is 4.44. The Morgan fingerprint density at radius 3 is 2.88 bits per heavy atom. The zero-order valence-corrected chi connectivity index (χ0v) is 14.6. The van der Waals surface area contributed by atoms with Crippen molar-refractivity contribution in [2.24, 2.45) is 0 Å². The Morgan fingerprint density at radius 2 is 2.08 bits per heavy atom. The van der Waals surface area contributed by atoms with Crippen LogP contribution in [0.5, 0.6) is 5.75 Å². The number of fused-ring (bicyclic) bond motifs is 1. The lowest BCUT2D eigenvalue weighted by molar-refractivity contribution is -0.119. The molecule has 1 aromatic heterocycles. The molecule has 2 aromatic carbocycles. The van der Waals surface area contributed by atoms with Gasteiger partial charge in [0, 0.05) is 4.47 Å². The second-order valence-corrected chi connectivity index (χ2v) is 6.75. The molecule has 6 nitrogen and oxygen atoms in total. The minimum absolute atomic E-state index is 0.0467. The van der Waals surface area contributed by atoms with Crippen molar-refractivity contribution in [2.45, 2.75) is 0 Å². The van der Waals surface area contributed by atoms with E-state index >= 15 is 0 Å². The van der Waals surface area contributed by atoms with Gasteiger partial charge in [0.2, 0.25) is 0 Å². The van der Waals surface area contributed by atoms with E-state index in [9.17, 15) is 14.7 Å². The van der Waals surface area contributed by atoms with Crippen LogP contribution < -0.4 is 5.32 Å². The third-order valence-electron chi connectivity index (χ3n) is 3.01. The van der Waals surface area contributed by atoms with Crippen molar-refractivity contribution in [3.63, 3.8) is 0 Å². The Kier molecular flexibility index (Phi) is 4.77. The summed E-state index contributed by atoms with van der Waals surface area (Å²) in [5.41, 5.74) is 0.947. The lowest BCUT2D eigenvalue weighted by Gasteiger charge is -2.04. The van der Waals surface area contributed by atoms with Gasteiger partial charge in [-0.25, -0.2) is 9.78 Å². The summed E-state index contributed by atoms with van der Waals surface area (Å²) in [5.74, 6) is -1.22. The Labute approximate surface area is 149 Å². The molecule has 0 spiro atoms. The van der Waals surface area contributed by atoms with Crippen molar-refractivity contribution in [3.8, 4) is 5.75 Å². The number of ether oxygens (including phenoxy) is 1. The SMILES string of the molecule is O=C(COC(=O)c1cccc(O)c1)Nc1nc2ccc(Br)cc2s1. The summed E-state index contributed by atoms with van der Waals surface area (Å²) in [7, 11) is 0. The highest BCUT2D eigenvalue weighted by Crippen LogP contribution is 2.28. The van der Waals surface area contributed by atoms with Crippen LogP contribution in [0.3, 0.4) is 0 Å². The second kappa shape index (κ2) is 6.98. The average Bonchev–Trinajstić information content (AvgIpc) is 2.93. The number of nitrogens with one attached hydrogen (secondary N) is 1. The normalized spacial score (nSPS) is 10.5. The highest BCUT2D eigenvalue weighted by molar-refractivity contribution is 9.10. The number of rotatable bonds is 4. The molecule has 8 heteroatoms. The molecule has 122 valence electrons. The molecule has 0 saturated heterocycles. The first kappa shape index (κ1) is 16.4. The smallest absolute Gasteiger partial charge is 0.338 e. The van der Waals surface area contributed by atoms with Gasteiger partial charge in [-0.15, -0.1) is 0 Å². The number of anilines is 1. The standard InChI is InChI=1S/C16H11BrN2O4S/c17-10-4-5-12-13(7-10)24-16(18-12)19-14(21)8-23-15(22)9-2-1-3-11(20)6-9/h1-7,20H,8H2,(H,18,19,21). The molecule has 1 amide bonds. The molecule has 1 heterocycles. The van der Waals surface area contributed by atoms with Crippen LogP contribution in [0.4, 0.5) is 5.13 Å². The van der Waals surface area contributed by atoms with Gasteiger partial charge >= 0.3 is 5.97 Å². The van der Waals surface area contributed by atoms with Gasteiger partial charge in [0.1, 0.15) is 5.75 Å². The molecular formula is C16H11BrN2O4S. The molecule has 3 aromatic rings. The van der Waals surface area contributed by atoms with E-state index in [4.69, 9.17) is 4.74 Å². The van der Waals surface area contributed by atoms with Crippen molar-refractivity contribution < 1.29 is 19.4 Å². The van der Waals surface area contributed by atoms with Crippen LogP contribution in [0, 0.1) is 0 Å². The van der Waals surface area contributed by atoms with Crippen molar-refractivity contribution in [1.29, 1.82) is 0 Å². The number of benzene rings is 2. The molecule has 0 saturated carbocycles. The van der Waals surface area contributed by atoms with Crippen molar-refractivity contribution in [1.82, 2.24) is 4.98 Å². The predicted octanol–water partition coefficient (Wildman–Crippen LogP) is 3.56. The van der Waals surface area contributed by atoms with E-state index in [0.717, 1.165) is 14.7 Å². The lowest BCUT2D eigenvalue weighted by atomic mass is 10.2. The molecular weight excluding hydrogens is 396 g/mol. The minimum Gasteiger partial charge on any atom is -0.508 e. The Morgan fingerprint density at radius 1 is 1.25 bits per heavy atom. The van der Waals surface area contributed by atoms with E-state index in [1.54, 1.807) is 0 Å². The van der Waals surface area contributed by atoms with Gasteiger partial charge in [-0.05, 0) is 36.4 Å². The number of carbonyl (C=O) groups excluding carboxylic acids is 2. The number of amides is 1. The van der Waals surface area contributed by atoms with Crippen molar-refractivity contribution in [2.75, 3.05) is 11.9 Å². The summed E-state index contributed by atoms with van der Waals surface area (Å²) in [5, 5.41) is 12.4. The maximum atomic E-state index is 11.9. The highest BCUT2D eigenvalue weighted by Gasteiger charge is 2.12. The number of esters is 1. The van der Waals surface area contributed by atoms with E-state index in [1.165, 1.54) is 35.6 Å². The lowest BCUT2D eigenvalue weighted by Crippen LogP contribution is -2.20. The molecule has 0 aliphatic carbocycles. The van der Waals surface area contributed by atoms with Gasteiger partial charge in [0.05, 0.1) is 15.8 Å². The van der Waals surface area contributed by atoms with Crippen LogP contribution in [-0.4, -0.2) is 28.6 Å². The molecule has 0 radical (unpaired) electrons. The van der Waals surface area contributed by atoms with Crippen LogP contribution >= 0.6 is 27.3 Å². The molecule has 3 rings (SSSR count). The summed E-state index contributed by atoms with van der Waals surface area (Å²) >= 11 is 4.70. The van der Waals surface area contributed by atoms with Gasteiger partial charge in [-0.3, -0.25) is 10.1 Å². The number of carbonyl (C=O) groups is 2. The number of thiazole rings is 1. The summed E-state index contributed by atoms with van der Waals surface area (Å²) in [6.07, 6.45) is 0. The van der Waals surface area contributed by atoms with E-state index < -0.39 is 18.5 Å². The summed E-state index contributed by atoms with van der Waals surface area (Å²) in [6, 6.07) is 11.3. The van der Waals surface area contributed by atoms with Crippen LogP contribution in [0.15, 0.2) is 46.9 Å². The monoisotopic (exact) mass is 406 g/mol. The first-order valence-corrected chi connectivity index (χ1v) is 8.44. The van der Waals surface area contributed by atoms with E-state index in [-0.39, 0.29) is 11.3 Å². The third kappa shape index (κ3) is 3.90. The zero-order chi connectivity index (χ0) is 17.1. The number of hydrogen-bond donors (Lipinski definition) is 2. The van der Waals surface area contributed by atoms with Gasteiger partial charge in [-0.1, -0.05) is 33.3 Å². The maximum absolute atomic E-state index is 11.9. The van der Waals surface area contributed by atoms with Gasteiger partial charge in [0.15, 0.2) is 11.7 Å². The van der Waals surface area contributed by atoms with E-state index in [0.29, 0.717) is 5.13 Å². The number of aromatic hydroxyl groups is 1. The summed E-state index contributed by atoms with van der Waals surface area (Å²) in [4.78, 5) is 28.0. The minimum atomic E-state index is -0.686. The van der Waals surface area contributed by atoms with Crippen molar-refractivity contribution >= 4 is 54.5 Å². The maximum Gasteiger partial charge on any atom is 0.338 e. The second-order valence-electron chi connectivity index (χ2n) is 4.81. The highest BCUT2D eigenvalue weighted by atomic mass is 79.9. The average molecular weight is 407 g/mol. The predicted molar refractivity (Wildman–Crippen MR) is 94.3 cm³/mol. The van der Waals surface area contributed by atoms with Crippen LogP contribution in [0.1, 0.15) is 10.4 Å². The van der Waals surface area contributed by atoms with Crippen LogP contribution in [0.25, 0.3) is 10.2 Å². The number of hydrogen-bond acceptors (Lipinski definition) is 6. The molecule has 0 aliphatic heterocycles. The number of nitrogens with zero attached hydrogens (tertiary/aromatic N) is 1. The van der Waals surface area contributed by atoms with Gasteiger partial charge in [0.25, 0.3) is 5.91 Å². The van der Waals surface area contributed by atoms with Gasteiger partial charge < -0.3 is 9.84 Å². The molecule has 0 fully saturated rings. The number of phenolic OH excluding ortho intramolecular Hbond substituents is 1. The number of halogens is 1. The molecule has 0 bridgehead atoms. The first-order chi connectivity index (χ1) is 11.5. The number of aromatic nitrogens is 1. The van der Waals surface area contributed by atoms with Crippen molar-refractivity contribution in [3.05, 3.63) is 52.5 Å². The topological polar surface area (TPSA) is 88.5 Å². The van der Waals surface area contributed by atoms with E-state index in [1.807, 2.05) is 18.2 Å². The molecule has 2 N–H and O–H groups in total. The fourth-order valence-corrected chi connectivity index (χ4v) is 3.39. The molecule has 0 unspecified atom stereocenters. The Balaban J connectivity index is 1.59. The van der Waals surface area contributed by atoms with Gasteiger partial charge in [-0.2, -0.15) is 0 Å². The van der Waals surface area contributed by atoms with Crippen LogP contribution in [-0.2, 0) is 9.53 Å². The summed E-state index contributed by atoms with van der Waals surface area (Å²) in [6.45, 7) is -0.436. The fraction of sp³-hybridized carbons (Fsp3) is 0.0625. The molecule has 24 heavy (non-hydrogen) atoms. The molecule has 0 atom stereocenters. The van der Waals surface area contributed by atoms with Crippen LogP contribution in [0.2, 0.25) is 0 Å². The number of phenols is 1. The fourth-order valence-electron chi connectivity index (χ4n) is 1.95. The first-order valence-electron chi connectivity index (χ1n) is 6.83. The summed E-state index contributed by atoms with van der Waals surface area (Å²) < 4.78 is 6.77. The Hall–Kier alpha value is -2.45. The molecule has 0 aliphatic rings.